The highest BCUT2D eigenvalue weighted by Gasteiger charge is 2.14. The van der Waals surface area contributed by atoms with Gasteiger partial charge in [-0.1, -0.05) is 35.9 Å². The Kier molecular flexibility index (Phi) is 4.43. The lowest BCUT2D eigenvalue weighted by Gasteiger charge is -2.10. The van der Waals surface area contributed by atoms with Gasteiger partial charge < -0.3 is 0 Å². The molecule has 0 radical (unpaired) electrons. The van der Waals surface area contributed by atoms with Gasteiger partial charge >= 0.3 is 0 Å². The summed E-state index contributed by atoms with van der Waals surface area (Å²) < 4.78 is 0.751. The molecular weight excluding hydrogens is 324 g/mol. The minimum atomic E-state index is 0.0451. The highest BCUT2D eigenvalue weighted by atomic mass is 79.9. The summed E-state index contributed by atoms with van der Waals surface area (Å²) in [6.45, 7) is 4.05. The fourth-order valence-corrected chi connectivity index (χ4v) is 2.70. The van der Waals surface area contributed by atoms with Crippen molar-refractivity contribution in [1.82, 2.24) is 0 Å². The van der Waals surface area contributed by atoms with Gasteiger partial charge in [-0.25, -0.2) is 0 Å². The van der Waals surface area contributed by atoms with Crippen LogP contribution in [0.5, 0.6) is 0 Å². The van der Waals surface area contributed by atoms with Gasteiger partial charge in [0.1, 0.15) is 0 Å². The molecule has 2 aromatic rings. The molecule has 0 fully saturated rings. The van der Waals surface area contributed by atoms with Gasteiger partial charge in [0.05, 0.1) is 5.02 Å². The molecule has 0 saturated heterocycles. The van der Waals surface area contributed by atoms with E-state index in [4.69, 9.17) is 11.6 Å². The molecule has 0 saturated carbocycles. The van der Waals surface area contributed by atoms with Crippen LogP contribution in [0.3, 0.4) is 0 Å². The van der Waals surface area contributed by atoms with Crippen molar-refractivity contribution in [3.63, 3.8) is 0 Å². The smallest absolute Gasteiger partial charge is 0.168 e. The average molecular weight is 338 g/mol. The molecule has 1 nitrogen and oxygen atoms in total. The Morgan fingerprint density at radius 3 is 2.32 bits per heavy atom. The van der Waals surface area contributed by atoms with Crippen LogP contribution in [0, 0.1) is 13.8 Å². The van der Waals surface area contributed by atoms with Crippen molar-refractivity contribution in [1.29, 1.82) is 0 Å². The quantitative estimate of drug-likeness (QED) is 0.708. The Bertz CT molecular complexity index is 614. The molecule has 0 spiro atoms. The fraction of sp³-hybridized carbons (Fsp3) is 0.188. The average Bonchev–Trinajstić information content (AvgIpc) is 2.37. The molecule has 0 unspecified atom stereocenters. The van der Waals surface area contributed by atoms with Crippen molar-refractivity contribution in [2.75, 3.05) is 0 Å². The lowest BCUT2D eigenvalue weighted by atomic mass is 9.95. The first-order valence-electron chi connectivity index (χ1n) is 6.03. The number of hydrogen-bond donors (Lipinski definition) is 0. The topological polar surface area (TPSA) is 17.1 Å². The van der Waals surface area contributed by atoms with Crippen LogP contribution in [0.2, 0.25) is 5.02 Å². The van der Waals surface area contributed by atoms with E-state index in [1.165, 1.54) is 0 Å². The summed E-state index contributed by atoms with van der Waals surface area (Å²) in [6.07, 6.45) is 0.384. The number of aryl methyl sites for hydroxylation is 2. The van der Waals surface area contributed by atoms with Crippen molar-refractivity contribution in [2.45, 2.75) is 20.3 Å². The first kappa shape index (κ1) is 14.3. The fourth-order valence-electron chi connectivity index (χ4n) is 2.10. The van der Waals surface area contributed by atoms with Gasteiger partial charge in [0.2, 0.25) is 0 Å². The number of benzene rings is 2. The Morgan fingerprint density at radius 1 is 1.11 bits per heavy atom. The number of hydrogen-bond acceptors (Lipinski definition) is 1. The zero-order valence-corrected chi connectivity index (χ0v) is 13.2. The molecular formula is C16H14BrClO. The number of carbonyl (C=O) groups is 1. The maximum Gasteiger partial charge on any atom is 0.168 e. The first-order valence-corrected chi connectivity index (χ1v) is 7.20. The second-order valence-corrected chi connectivity index (χ2v) is 5.80. The Hall–Kier alpha value is -1.12. The Balaban J connectivity index is 2.34. The standard InChI is InChI=1S/C16H14BrClO/c1-10-5-3-6-11(2)13(10)9-15(19)12-7-4-8-14(17)16(12)18/h3-8H,9H2,1-2H3. The van der Waals surface area contributed by atoms with Crippen LogP contribution in [0.15, 0.2) is 40.9 Å². The summed E-state index contributed by atoms with van der Waals surface area (Å²) in [7, 11) is 0. The zero-order chi connectivity index (χ0) is 14.0. The van der Waals surface area contributed by atoms with Crippen molar-refractivity contribution < 1.29 is 4.79 Å². The van der Waals surface area contributed by atoms with Gasteiger partial charge in [-0.15, -0.1) is 0 Å². The normalized spacial score (nSPS) is 10.5. The summed E-state index contributed by atoms with van der Waals surface area (Å²) in [5.41, 5.74) is 3.93. The third-order valence-electron chi connectivity index (χ3n) is 3.23. The number of halogens is 2. The molecule has 19 heavy (non-hydrogen) atoms. The predicted octanol–water partition coefficient (Wildman–Crippen LogP) is 5.14. The molecule has 3 heteroatoms. The second-order valence-electron chi connectivity index (χ2n) is 4.57. The molecule has 0 bridgehead atoms. The minimum Gasteiger partial charge on any atom is -0.294 e. The van der Waals surface area contributed by atoms with Crippen molar-refractivity contribution in [3.05, 3.63) is 68.1 Å². The van der Waals surface area contributed by atoms with E-state index in [1.807, 2.05) is 44.2 Å². The van der Waals surface area contributed by atoms with Gasteiger partial charge in [0.15, 0.2) is 5.78 Å². The number of rotatable bonds is 3. The SMILES string of the molecule is Cc1cccc(C)c1CC(=O)c1cccc(Br)c1Cl. The largest absolute Gasteiger partial charge is 0.294 e. The van der Waals surface area contributed by atoms with Gasteiger partial charge in [-0.3, -0.25) is 4.79 Å². The molecule has 2 aromatic carbocycles. The molecule has 0 atom stereocenters. The maximum atomic E-state index is 12.4. The molecule has 98 valence electrons. The zero-order valence-electron chi connectivity index (χ0n) is 10.8. The van der Waals surface area contributed by atoms with E-state index in [-0.39, 0.29) is 5.78 Å². The molecule has 0 aromatic heterocycles. The van der Waals surface area contributed by atoms with Crippen LogP contribution in [0.25, 0.3) is 0 Å². The van der Waals surface area contributed by atoms with E-state index in [9.17, 15) is 4.79 Å². The summed E-state index contributed by atoms with van der Waals surface area (Å²) >= 11 is 9.51. The van der Waals surface area contributed by atoms with Crippen LogP contribution in [-0.4, -0.2) is 5.78 Å². The van der Waals surface area contributed by atoms with E-state index in [0.29, 0.717) is 17.0 Å². The lowest BCUT2D eigenvalue weighted by molar-refractivity contribution is 0.0992. The number of carbonyl (C=O) groups excluding carboxylic acids is 1. The number of Topliss-reactive ketones (excluding diaryl/α,β-unsaturated/α-hetero) is 1. The molecule has 0 N–H and O–H groups in total. The van der Waals surface area contributed by atoms with Gasteiger partial charge in [0, 0.05) is 16.5 Å². The van der Waals surface area contributed by atoms with E-state index < -0.39 is 0 Å². The van der Waals surface area contributed by atoms with Crippen LogP contribution < -0.4 is 0 Å². The predicted molar refractivity (Wildman–Crippen MR) is 83.1 cm³/mol. The van der Waals surface area contributed by atoms with Crippen LogP contribution in [0.4, 0.5) is 0 Å². The third-order valence-corrected chi connectivity index (χ3v) is 4.53. The van der Waals surface area contributed by atoms with E-state index in [0.717, 1.165) is 21.2 Å². The molecule has 0 aliphatic heterocycles. The Morgan fingerprint density at radius 2 is 1.68 bits per heavy atom. The highest BCUT2D eigenvalue weighted by molar-refractivity contribution is 9.10. The Labute approximate surface area is 126 Å². The van der Waals surface area contributed by atoms with Crippen LogP contribution in [0.1, 0.15) is 27.0 Å². The summed E-state index contributed by atoms with van der Waals surface area (Å²) in [4.78, 5) is 12.4. The van der Waals surface area contributed by atoms with Gasteiger partial charge in [-0.05, 0) is 58.6 Å². The maximum absolute atomic E-state index is 12.4. The second kappa shape index (κ2) is 5.89. The van der Waals surface area contributed by atoms with Gasteiger partial charge in [0.25, 0.3) is 0 Å². The van der Waals surface area contributed by atoms with Crippen molar-refractivity contribution in [2.24, 2.45) is 0 Å². The third kappa shape index (κ3) is 3.07. The lowest BCUT2D eigenvalue weighted by Crippen LogP contribution is -2.07. The molecule has 0 heterocycles. The number of ketones is 1. The van der Waals surface area contributed by atoms with E-state index in [2.05, 4.69) is 15.9 Å². The summed E-state index contributed by atoms with van der Waals surface area (Å²) in [6, 6.07) is 11.5. The van der Waals surface area contributed by atoms with Crippen LogP contribution in [-0.2, 0) is 6.42 Å². The van der Waals surface area contributed by atoms with Crippen LogP contribution >= 0.6 is 27.5 Å². The van der Waals surface area contributed by atoms with E-state index >= 15 is 0 Å². The summed E-state index contributed by atoms with van der Waals surface area (Å²) in [5.74, 6) is 0.0451. The molecule has 2 rings (SSSR count). The molecule has 0 aliphatic carbocycles. The van der Waals surface area contributed by atoms with Crippen molar-refractivity contribution in [3.8, 4) is 0 Å². The highest BCUT2D eigenvalue weighted by Crippen LogP contribution is 2.27. The molecule has 0 amide bonds. The minimum absolute atomic E-state index is 0.0451. The first-order chi connectivity index (χ1) is 9.00. The van der Waals surface area contributed by atoms with E-state index in [1.54, 1.807) is 6.07 Å². The summed E-state index contributed by atoms with van der Waals surface area (Å²) in [5, 5.41) is 0.485. The van der Waals surface area contributed by atoms with Crippen molar-refractivity contribution >= 4 is 33.3 Å². The monoisotopic (exact) mass is 336 g/mol. The molecule has 0 aliphatic rings. The van der Waals surface area contributed by atoms with Gasteiger partial charge in [-0.2, -0.15) is 0 Å².